The van der Waals surface area contributed by atoms with Gasteiger partial charge in [-0.05, 0) is 62.6 Å². The van der Waals surface area contributed by atoms with Gasteiger partial charge in [0.05, 0.1) is 23.0 Å². The largest absolute Gasteiger partial charge is 0.497 e. The summed E-state index contributed by atoms with van der Waals surface area (Å²) in [7, 11) is 1.63. The summed E-state index contributed by atoms with van der Waals surface area (Å²) in [5.41, 5.74) is 4.79. The van der Waals surface area contributed by atoms with Crippen LogP contribution in [0.15, 0.2) is 36.4 Å². The number of hydrogen-bond donors (Lipinski definition) is 1. The Labute approximate surface area is 184 Å². The molecule has 0 unspecified atom stereocenters. The summed E-state index contributed by atoms with van der Waals surface area (Å²) in [6, 6.07) is 11.6. The molecule has 4 aromatic rings. The summed E-state index contributed by atoms with van der Waals surface area (Å²) in [5, 5.41) is 8.07. The van der Waals surface area contributed by atoms with Crippen molar-refractivity contribution in [2.75, 3.05) is 19.0 Å². The fourth-order valence-corrected chi connectivity index (χ4v) is 4.27. The van der Waals surface area contributed by atoms with Crippen molar-refractivity contribution in [2.24, 2.45) is 0 Å². The normalized spacial score (nSPS) is 11.0. The molecule has 8 heteroatoms. The van der Waals surface area contributed by atoms with Gasteiger partial charge in [-0.1, -0.05) is 23.5 Å². The van der Waals surface area contributed by atoms with Crippen LogP contribution in [0.1, 0.15) is 22.4 Å². The van der Waals surface area contributed by atoms with Crippen molar-refractivity contribution in [1.29, 1.82) is 0 Å². The number of nitrogens with one attached hydrogen (secondary N) is 1. The molecule has 0 radical (unpaired) electrons. The Balaban J connectivity index is 1.54. The lowest BCUT2D eigenvalue weighted by atomic mass is 10.1. The van der Waals surface area contributed by atoms with E-state index in [-0.39, 0.29) is 12.5 Å². The maximum atomic E-state index is 12.6. The summed E-state index contributed by atoms with van der Waals surface area (Å²) in [4.78, 5) is 17.3. The smallest absolute Gasteiger partial charge is 0.263 e. The molecule has 1 amide bonds. The molecular weight excluding hydrogens is 412 g/mol. The number of anilines is 1. The number of thiazole rings is 1. The van der Waals surface area contributed by atoms with Gasteiger partial charge in [-0.15, -0.1) is 0 Å². The van der Waals surface area contributed by atoms with Crippen molar-refractivity contribution in [3.05, 3.63) is 58.8 Å². The van der Waals surface area contributed by atoms with E-state index >= 15 is 0 Å². The molecule has 0 bridgehead atoms. The standard InChI is InChI=1S/C23H24N4O3S/c1-13-6-7-14(2)22(16(13)4)30-12-21(28)25-20-10-15(3)26-27(20)23-24-18-9-8-17(29-5)11-19(18)31-23/h6-11H,12H2,1-5H3,(H,25,28). The Morgan fingerprint density at radius 2 is 1.87 bits per heavy atom. The van der Waals surface area contributed by atoms with Crippen LogP contribution in [0, 0.1) is 27.7 Å². The summed E-state index contributed by atoms with van der Waals surface area (Å²) in [5.74, 6) is 1.81. The quantitative estimate of drug-likeness (QED) is 0.472. The maximum absolute atomic E-state index is 12.6. The molecule has 0 atom stereocenters. The van der Waals surface area contributed by atoms with E-state index in [2.05, 4.69) is 15.4 Å². The SMILES string of the molecule is COc1ccc2nc(-n3nc(C)cc3NC(=O)COc3c(C)ccc(C)c3C)sc2c1. The van der Waals surface area contributed by atoms with Crippen molar-refractivity contribution in [2.45, 2.75) is 27.7 Å². The topological polar surface area (TPSA) is 78.3 Å². The van der Waals surface area contributed by atoms with Gasteiger partial charge in [-0.2, -0.15) is 9.78 Å². The molecule has 7 nitrogen and oxygen atoms in total. The number of nitrogens with zero attached hydrogens (tertiary/aromatic N) is 3. The molecule has 4 rings (SSSR count). The lowest BCUT2D eigenvalue weighted by molar-refractivity contribution is -0.118. The average Bonchev–Trinajstić information content (AvgIpc) is 3.32. The summed E-state index contributed by atoms with van der Waals surface area (Å²) in [6.07, 6.45) is 0. The second-order valence-corrected chi connectivity index (χ2v) is 8.41. The van der Waals surface area contributed by atoms with E-state index in [4.69, 9.17) is 9.47 Å². The lowest BCUT2D eigenvalue weighted by Gasteiger charge is -2.14. The molecule has 1 N–H and O–H groups in total. The second-order valence-electron chi connectivity index (χ2n) is 7.40. The molecule has 0 aliphatic rings. The number of fused-ring (bicyclic) bond motifs is 1. The fraction of sp³-hybridized carbons (Fsp3) is 0.261. The molecule has 2 heterocycles. The number of ether oxygens (including phenoxy) is 2. The Kier molecular flexibility index (Phi) is 5.65. The van der Waals surface area contributed by atoms with Crippen LogP contribution >= 0.6 is 11.3 Å². The highest BCUT2D eigenvalue weighted by atomic mass is 32.1. The number of aromatic nitrogens is 3. The fourth-order valence-electron chi connectivity index (χ4n) is 3.31. The highest BCUT2D eigenvalue weighted by Gasteiger charge is 2.16. The molecule has 0 aliphatic heterocycles. The average molecular weight is 437 g/mol. The minimum atomic E-state index is -0.260. The molecule has 0 aliphatic carbocycles. The zero-order valence-electron chi connectivity index (χ0n) is 18.1. The summed E-state index contributed by atoms with van der Waals surface area (Å²) < 4.78 is 13.8. The van der Waals surface area contributed by atoms with E-state index in [1.165, 1.54) is 11.3 Å². The number of carbonyl (C=O) groups is 1. The van der Waals surface area contributed by atoms with Gasteiger partial charge in [0.1, 0.15) is 17.3 Å². The third-order valence-electron chi connectivity index (χ3n) is 5.09. The molecule has 0 spiro atoms. The number of aryl methyl sites for hydroxylation is 3. The first-order valence-corrected chi connectivity index (χ1v) is 10.7. The van der Waals surface area contributed by atoms with Crippen molar-refractivity contribution in [3.8, 4) is 16.6 Å². The molecule has 2 aromatic heterocycles. The second kappa shape index (κ2) is 8.39. The zero-order valence-corrected chi connectivity index (χ0v) is 19.0. The van der Waals surface area contributed by atoms with Crippen LogP contribution in [0.4, 0.5) is 5.82 Å². The van der Waals surface area contributed by atoms with Crippen LogP contribution in [-0.4, -0.2) is 34.4 Å². The number of rotatable bonds is 6. The predicted octanol–water partition coefficient (Wildman–Crippen LogP) is 4.74. The third kappa shape index (κ3) is 4.25. The molecule has 160 valence electrons. The maximum Gasteiger partial charge on any atom is 0.263 e. The molecule has 31 heavy (non-hydrogen) atoms. The van der Waals surface area contributed by atoms with Gasteiger partial charge >= 0.3 is 0 Å². The molecule has 0 saturated heterocycles. The van der Waals surface area contributed by atoms with Crippen LogP contribution in [0.5, 0.6) is 11.5 Å². The number of carbonyl (C=O) groups excluding carboxylic acids is 1. The number of methoxy groups -OCH3 is 1. The van der Waals surface area contributed by atoms with Gasteiger partial charge in [0.2, 0.25) is 5.13 Å². The first-order valence-electron chi connectivity index (χ1n) is 9.87. The van der Waals surface area contributed by atoms with E-state index < -0.39 is 0 Å². The molecule has 2 aromatic carbocycles. The first-order chi connectivity index (χ1) is 14.9. The van der Waals surface area contributed by atoms with Gasteiger partial charge in [-0.3, -0.25) is 4.79 Å². The minimum absolute atomic E-state index is 0.0909. The van der Waals surface area contributed by atoms with Crippen LogP contribution in [0.25, 0.3) is 15.3 Å². The lowest BCUT2D eigenvalue weighted by Crippen LogP contribution is -2.22. The van der Waals surface area contributed by atoms with Gasteiger partial charge in [0, 0.05) is 6.07 Å². The van der Waals surface area contributed by atoms with Gasteiger partial charge in [-0.25, -0.2) is 4.98 Å². The predicted molar refractivity (Wildman–Crippen MR) is 123 cm³/mol. The Hall–Kier alpha value is -3.39. The van der Waals surface area contributed by atoms with E-state index in [1.54, 1.807) is 11.8 Å². The van der Waals surface area contributed by atoms with E-state index in [0.29, 0.717) is 10.9 Å². The summed E-state index contributed by atoms with van der Waals surface area (Å²) in [6.45, 7) is 7.78. The van der Waals surface area contributed by atoms with Crippen molar-refractivity contribution < 1.29 is 14.3 Å². The number of benzene rings is 2. The number of hydrogen-bond acceptors (Lipinski definition) is 6. The van der Waals surface area contributed by atoms with Gasteiger partial charge in [0.25, 0.3) is 5.91 Å². The monoisotopic (exact) mass is 436 g/mol. The minimum Gasteiger partial charge on any atom is -0.497 e. The van der Waals surface area contributed by atoms with Crippen LogP contribution in [0.2, 0.25) is 0 Å². The Morgan fingerprint density at radius 3 is 2.65 bits per heavy atom. The zero-order chi connectivity index (χ0) is 22.1. The van der Waals surface area contributed by atoms with E-state index in [1.807, 2.05) is 64.1 Å². The van der Waals surface area contributed by atoms with Crippen LogP contribution in [0.3, 0.4) is 0 Å². The van der Waals surface area contributed by atoms with Crippen molar-refractivity contribution in [3.63, 3.8) is 0 Å². The van der Waals surface area contributed by atoms with Crippen LogP contribution in [-0.2, 0) is 4.79 Å². The molecule has 0 saturated carbocycles. The Bertz CT molecular complexity index is 1280. The molecule has 0 fully saturated rings. The number of amides is 1. The van der Waals surface area contributed by atoms with Crippen molar-refractivity contribution >= 4 is 33.3 Å². The van der Waals surface area contributed by atoms with Gasteiger partial charge in [0.15, 0.2) is 6.61 Å². The highest BCUT2D eigenvalue weighted by Crippen LogP contribution is 2.30. The van der Waals surface area contributed by atoms with Crippen molar-refractivity contribution in [1.82, 2.24) is 14.8 Å². The highest BCUT2D eigenvalue weighted by molar-refractivity contribution is 7.20. The van der Waals surface area contributed by atoms with E-state index in [0.717, 1.165) is 44.1 Å². The third-order valence-corrected chi connectivity index (χ3v) is 6.08. The van der Waals surface area contributed by atoms with Gasteiger partial charge < -0.3 is 14.8 Å². The molecular formula is C23H24N4O3S. The van der Waals surface area contributed by atoms with E-state index in [9.17, 15) is 4.79 Å². The first kappa shape index (κ1) is 20.9. The Morgan fingerprint density at radius 1 is 1.10 bits per heavy atom. The van der Waals surface area contributed by atoms with Crippen LogP contribution < -0.4 is 14.8 Å². The summed E-state index contributed by atoms with van der Waals surface area (Å²) >= 11 is 1.48.